The van der Waals surface area contributed by atoms with Crippen molar-refractivity contribution in [1.82, 2.24) is 5.32 Å². The first-order valence-corrected chi connectivity index (χ1v) is 7.10. The highest BCUT2D eigenvalue weighted by molar-refractivity contribution is 5.85. The van der Waals surface area contributed by atoms with E-state index in [0.29, 0.717) is 12.0 Å². The van der Waals surface area contributed by atoms with E-state index in [-0.39, 0.29) is 35.6 Å². The van der Waals surface area contributed by atoms with E-state index < -0.39 is 12.1 Å². The van der Waals surface area contributed by atoms with Gasteiger partial charge in [-0.3, -0.25) is 4.79 Å². The summed E-state index contributed by atoms with van der Waals surface area (Å²) in [4.78, 5) is 12.0. The van der Waals surface area contributed by atoms with Crippen molar-refractivity contribution < 1.29 is 14.3 Å². The van der Waals surface area contributed by atoms with Gasteiger partial charge >= 0.3 is 0 Å². The minimum atomic E-state index is -0.758. The van der Waals surface area contributed by atoms with Crippen molar-refractivity contribution in [1.29, 1.82) is 0 Å². The van der Waals surface area contributed by atoms with Gasteiger partial charge in [0.25, 0.3) is 0 Å². The fraction of sp³-hybridized carbons (Fsp3) is 0.562. The molecule has 4 N–H and O–H groups in total. The number of carbonyl (C=O) groups excluding carboxylic acids is 1. The van der Waals surface area contributed by atoms with Gasteiger partial charge in [-0.15, -0.1) is 12.4 Å². The molecule has 0 aromatic heterocycles. The van der Waals surface area contributed by atoms with E-state index in [1.807, 2.05) is 20.8 Å². The second kappa shape index (κ2) is 8.46. The number of amides is 1. The molecule has 126 valence electrons. The van der Waals surface area contributed by atoms with Crippen LogP contribution in [0.5, 0.6) is 0 Å². The van der Waals surface area contributed by atoms with Gasteiger partial charge in [0.15, 0.2) is 0 Å². The Morgan fingerprint density at radius 3 is 2.27 bits per heavy atom. The Balaban J connectivity index is 0.00000441. The largest absolute Gasteiger partial charge is 0.388 e. The Labute approximate surface area is 137 Å². The third-order valence-electron chi connectivity index (χ3n) is 3.44. The molecule has 1 aromatic carbocycles. The predicted molar refractivity (Wildman–Crippen MR) is 88.3 cm³/mol. The van der Waals surface area contributed by atoms with Crippen LogP contribution in [0.25, 0.3) is 0 Å². The minimum Gasteiger partial charge on any atom is -0.388 e. The van der Waals surface area contributed by atoms with E-state index in [9.17, 15) is 14.3 Å². The molecule has 1 rings (SSSR count). The maximum atomic E-state index is 12.8. The quantitative estimate of drug-likeness (QED) is 0.775. The van der Waals surface area contributed by atoms with Crippen molar-refractivity contribution in [2.45, 2.75) is 52.3 Å². The number of rotatable bonds is 5. The van der Waals surface area contributed by atoms with Crippen LogP contribution in [0.4, 0.5) is 4.39 Å². The second-order valence-electron chi connectivity index (χ2n) is 6.56. The van der Waals surface area contributed by atoms with Crippen molar-refractivity contribution in [2.24, 2.45) is 11.1 Å². The Bertz CT molecular complexity index is 474. The molecule has 0 heterocycles. The van der Waals surface area contributed by atoms with Crippen LogP contribution in [0, 0.1) is 11.2 Å². The summed E-state index contributed by atoms with van der Waals surface area (Å²) in [5.41, 5.74) is 6.19. The van der Waals surface area contributed by atoms with Gasteiger partial charge in [0.05, 0.1) is 12.1 Å². The van der Waals surface area contributed by atoms with Gasteiger partial charge in [0, 0.05) is 6.04 Å². The average molecular weight is 333 g/mol. The van der Waals surface area contributed by atoms with Crippen LogP contribution in [0.15, 0.2) is 24.3 Å². The van der Waals surface area contributed by atoms with Crippen molar-refractivity contribution in [2.75, 3.05) is 0 Å². The normalized spacial score (nSPS) is 15.4. The Hall–Kier alpha value is -1.17. The van der Waals surface area contributed by atoms with Gasteiger partial charge in [-0.1, -0.05) is 32.9 Å². The molecule has 2 unspecified atom stereocenters. The van der Waals surface area contributed by atoms with E-state index in [2.05, 4.69) is 5.32 Å². The van der Waals surface area contributed by atoms with Crippen LogP contribution < -0.4 is 11.1 Å². The first kappa shape index (κ1) is 20.8. The zero-order valence-electron chi connectivity index (χ0n) is 13.5. The molecular weight excluding hydrogens is 307 g/mol. The molecule has 0 radical (unpaired) electrons. The number of aliphatic hydroxyl groups excluding tert-OH is 1. The highest BCUT2D eigenvalue weighted by atomic mass is 35.5. The summed E-state index contributed by atoms with van der Waals surface area (Å²) in [6.07, 6.45) is -0.416. The van der Waals surface area contributed by atoms with Gasteiger partial charge < -0.3 is 16.2 Å². The van der Waals surface area contributed by atoms with Crippen molar-refractivity contribution in [3.8, 4) is 0 Å². The Kier molecular flexibility index (Phi) is 8.01. The molecule has 0 saturated carbocycles. The molecule has 6 heteroatoms. The molecule has 1 aromatic rings. The number of benzene rings is 1. The number of carbonyl (C=O) groups is 1. The zero-order valence-corrected chi connectivity index (χ0v) is 14.3. The molecular formula is C16H26ClFN2O2. The SMILES string of the molecule is CC(CC(O)c1ccc(F)cc1)NC(=O)[C@@H](N)C(C)(C)C.Cl. The van der Waals surface area contributed by atoms with Crippen LogP contribution in [0.2, 0.25) is 0 Å². The van der Waals surface area contributed by atoms with Crippen LogP contribution in [0.1, 0.15) is 45.8 Å². The molecule has 0 spiro atoms. The first-order chi connectivity index (χ1) is 9.61. The van der Waals surface area contributed by atoms with E-state index in [4.69, 9.17) is 5.73 Å². The summed E-state index contributed by atoms with van der Waals surface area (Å²) in [7, 11) is 0. The Morgan fingerprint density at radius 1 is 1.32 bits per heavy atom. The lowest BCUT2D eigenvalue weighted by atomic mass is 9.86. The summed E-state index contributed by atoms with van der Waals surface area (Å²) >= 11 is 0. The molecule has 22 heavy (non-hydrogen) atoms. The molecule has 0 fully saturated rings. The van der Waals surface area contributed by atoms with Crippen molar-refractivity contribution >= 4 is 18.3 Å². The molecule has 3 atom stereocenters. The smallest absolute Gasteiger partial charge is 0.237 e. The number of halogens is 2. The lowest BCUT2D eigenvalue weighted by molar-refractivity contribution is -0.125. The molecule has 0 aliphatic heterocycles. The predicted octanol–water partition coefficient (Wildman–Crippen LogP) is 2.55. The summed E-state index contributed by atoms with van der Waals surface area (Å²) in [5.74, 6) is -0.579. The zero-order chi connectivity index (χ0) is 16.2. The number of nitrogens with two attached hydrogens (primary N) is 1. The topological polar surface area (TPSA) is 75.3 Å². The summed E-state index contributed by atoms with van der Waals surface area (Å²) in [5, 5.41) is 12.9. The highest BCUT2D eigenvalue weighted by Crippen LogP contribution is 2.20. The van der Waals surface area contributed by atoms with E-state index in [1.54, 1.807) is 6.92 Å². The Morgan fingerprint density at radius 2 is 1.82 bits per heavy atom. The monoisotopic (exact) mass is 332 g/mol. The summed E-state index contributed by atoms with van der Waals surface area (Å²) < 4.78 is 12.8. The van der Waals surface area contributed by atoms with Gasteiger partial charge in [0.1, 0.15) is 5.82 Å². The van der Waals surface area contributed by atoms with Gasteiger partial charge in [-0.05, 0) is 36.5 Å². The van der Waals surface area contributed by atoms with Gasteiger partial charge in [0.2, 0.25) is 5.91 Å². The molecule has 1 amide bonds. The molecule has 0 saturated heterocycles. The van der Waals surface area contributed by atoms with E-state index >= 15 is 0 Å². The third-order valence-corrected chi connectivity index (χ3v) is 3.44. The molecule has 0 aliphatic carbocycles. The highest BCUT2D eigenvalue weighted by Gasteiger charge is 2.28. The second-order valence-corrected chi connectivity index (χ2v) is 6.56. The third kappa shape index (κ3) is 6.30. The van der Waals surface area contributed by atoms with Gasteiger partial charge in [-0.25, -0.2) is 4.39 Å². The average Bonchev–Trinajstić information content (AvgIpc) is 2.37. The fourth-order valence-corrected chi connectivity index (χ4v) is 1.94. The van der Waals surface area contributed by atoms with Crippen molar-refractivity contribution in [3.63, 3.8) is 0 Å². The van der Waals surface area contributed by atoms with Gasteiger partial charge in [-0.2, -0.15) is 0 Å². The number of hydrogen-bond acceptors (Lipinski definition) is 3. The maximum Gasteiger partial charge on any atom is 0.237 e. The molecule has 0 bridgehead atoms. The lowest BCUT2D eigenvalue weighted by Gasteiger charge is -2.28. The standard InChI is InChI=1S/C16H25FN2O2.ClH/c1-10(19-15(21)14(18)16(2,3)4)9-13(20)11-5-7-12(17)8-6-11;/h5-8,10,13-14,20H,9,18H2,1-4H3,(H,19,21);1H/t10?,13?,14-;/m1./s1. The van der Waals surface area contributed by atoms with E-state index in [0.717, 1.165) is 0 Å². The minimum absolute atomic E-state index is 0. The summed E-state index contributed by atoms with van der Waals surface area (Å²) in [6, 6.07) is 4.84. The number of hydrogen-bond donors (Lipinski definition) is 3. The molecule has 4 nitrogen and oxygen atoms in total. The fourth-order valence-electron chi connectivity index (χ4n) is 1.94. The molecule has 0 aliphatic rings. The van der Waals surface area contributed by atoms with Crippen LogP contribution in [-0.2, 0) is 4.79 Å². The number of aliphatic hydroxyl groups is 1. The lowest BCUT2D eigenvalue weighted by Crippen LogP contribution is -2.51. The first-order valence-electron chi connectivity index (χ1n) is 7.10. The van der Waals surface area contributed by atoms with Crippen LogP contribution in [-0.4, -0.2) is 23.1 Å². The van der Waals surface area contributed by atoms with Crippen molar-refractivity contribution in [3.05, 3.63) is 35.6 Å². The number of nitrogens with one attached hydrogen (secondary N) is 1. The van der Waals surface area contributed by atoms with E-state index in [1.165, 1.54) is 24.3 Å². The summed E-state index contributed by atoms with van der Waals surface area (Å²) in [6.45, 7) is 7.50. The van der Waals surface area contributed by atoms with Crippen LogP contribution >= 0.6 is 12.4 Å². The maximum absolute atomic E-state index is 12.8. The van der Waals surface area contributed by atoms with Crippen LogP contribution in [0.3, 0.4) is 0 Å².